The maximum Gasteiger partial charge on any atom is 0.235 e. The van der Waals surface area contributed by atoms with Crippen LogP contribution >= 0.6 is 11.3 Å². The van der Waals surface area contributed by atoms with E-state index in [2.05, 4.69) is 9.71 Å². The predicted octanol–water partition coefficient (Wildman–Crippen LogP) is 2.67. The molecule has 3 N–H and O–H groups in total. The third-order valence-corrected chi connectivity index (χ3v) is 5.37. The topological polar surface area (TPSA) is 94.3 Å². The average molecular weight is 329 g/mol. The highest BCUT2D eigenvalue weighted by Crippen LogP contribution is 2.35. The van der Waals surface area contributed by atoms with Crippen LogP contribution in [0.5, 0.6) is 5.75 Å². The van der Waals surface area contributed by atoms with Gasteiger partial charge in [0.2, 0.25) is 10.0 Å². The fourth-order valence-electron chi connectivity index (χ4n) is 1.96. The van der Waals surface area contributed by atoms with Gasteiger partial charge in [-0.2, -0.15) is 0 Å². The molecular weight excluding hydrogens is 310 g/mol. The zero-order valence-electron chi connectivity index (χ0n) is 12.4. The smallest absolute Gasteiger partial charge is 0.235 e. The molecule has 21 heavy (non-hydrogen) atoms. The van der Waals surface area contributed by atoms with E-state index in [1.165, 1.54) is 18.4 Å². The van der Waals surface area contributed by atoms with Crippen LogP contribution < -0.4 is 15.2 Å². The Hall–Kier alpha value is -1.54. The van der Waals surface area contributed by atoms with E-state index in [-0.39, 0.29) is 11.2 Å². The first-order chi connectivity index (χ1) is 9.59. The van der Waals surface area contributed by atoms with Gasteiger partial charge in [-0.1, -0.05) is 32.1 Å². The number of fused-ring (bicyclic) bond motifs is 1. The number of sulfonamides is 1. The fourth-order valence-corrected chi connectivity index (χ4v) is 4.81. The summed E-state index contributed by atoms with van der Waals surface area (Å²) in [6.07, 6.45) is 0. The number of hydrogen-bond donors (Lipinski definition) is 2. The highest BCUT2D eigenvalue weighted by Gasteiger charge is 2.23. The summed E-state index contributed by atoms with van der Waals surface area (Å²) in [5.74, 6) is 0.553. The quantitative estimate of drug-likeness (QED) is 0.841. The lowest BCUT2D eigenvalue weighted by atomic mass is 10.0. The molecule has 0 saturated heterocycles. The third-order valence-electron chi connectivity index (χ3n) is 2.57. The Morgan fingerprint density at radius 2 is 2.05 bits per heavy atom. The van der Waals surface area contributed by atoms with Crippen molar-refractivity contribution in [3.8, 4) is 5.75 Å². The van der Waals surface area contributed by atoms with Crippen molar-refractivity contribution in [2.45, 2.75) is 20.8 Å². The first kappa shape index (κ1) is 15.8. The number of nitrogens with zero attached hydrogens (tertiary/aromatic N) is 1. The molecule has 0 aliphatic heterocycles. The van der Waals surface area contributed by atoms with Gasteiger partial charge in [0, 0.05) is 11.8 Å². The fraction of sp³-hybridized carbons (Fsp3) is 0.462. The van der Waals surface area contributed by atoms with Crippen molar-refractivity contribution in [1.82, 2.24) is 4.98 Å². The van der Waals surface area contributed by atoms with Crippen LogP contribution in [0, 0.1) is 5.41 Å². The molecule has 1 heterocycles. The van der Waals surface area contributed by atoms with Crippen molar-refractivity contribution in [3.05, 3.63) is 12.1 Å². The summed E-state index contributed by atoms with van der Waals surface area (Å²) >= 11 is 1.23. The Kier molecular flexibility index (Phi) is 4.03. The van der Waals surface area contributed by atoms with Crippen LogP contribution in [0.4, 0.5) is 10.8 Å². The molecule has 0 aliphatic carbocycles. The van der Waals surface area contributed by atoms with E-state index in [1.54, 1.807) is 12.1 Å². The summed E-state index contributed by atoms with van der Waals surface area (Å²) in [4.78, 5) is 4.29. The number of benzene rings is 1. The van der Waals surface area contributed by atoms with Crippen LogP contribution in [-0.2, 0) is 10.0 Å². The monoisotopic (exact) mass is 329 g/mol. The minimum absolute atomic E-state index is 0.0230. The molecular formula is C13H19N3O3S2. The molecule has 0 bridgehead atoms. The summed E-state index contributed by atoms with van der Waals surface area (Å²) < 4.78 is 32.7. The third kappa shape index (κ3) is 3.98. The van der Waals surface area contributed by atoms with Crippen molar-refractivity contribution in [3.63, 3.8) is 0 Å². The number of nitrogens with one attached hydrogen (secondary N) is 1. The summed E-state index contributed by atoms with van der Waals surface area (Å²) in [5.41, 5.74) is 6.60. The summed E-state index contributed by atoms with van der Waals surface area (Å²) in [6.45, 7) is 5.61. The summed E-state index contributed by atoms with van der Waals surface area (Å²) in [6, 6.07) is 3.41. The Bertz CT molecular complexity index is 761. The molecule has 0 fully saturated rings. The molecule has 0 atom stereocenters. The molecule has 8 heteroatoms. The number of rotatable bonds is 4. The van der Waals surface area contributed by atoms with Crippen LogP contribution in [0.2, 0.25) is 0 Å². The highest BCUT2D eigenvalue weighted by atomic mass is 32.2. The number of nitrogens with two attached hydrogens (primary N) is 1. The van der Waals surface area contributed by atoms with Gasteiger partial charge in [-0.3, -0.25) is 4.72 Å². The van der Waals surface area contributed by atoms with Gasteiger partial charge >= 0.3 is 0 Å². The number of ether oxygens (including phenoxy) is 1. The lowest BCUT2D eigenvalue weighted by Crippen LogP contribution is -2.26. The van der Waals surface area contributed by atoms with Crippen LogP contribution in [0.25, 0.3) is 10.2 Å². The minimum Gasteiger partial charge on any atom is -0.494 e. The van der Waals surface area contributed by atoms with Crippen LogP contribution in [0.15, 0.2) is 12.1 Å². The number of methoxy groups -OCH3 is 1. The number of aromatic nitrogens is 1. The first-order valence-electron chi connectivity index (χ1n) is 6.34. The molecule has 0 amide bonds. The number of hydrogen-bond acceptors (Lipinski definition) is 6. The van der Waals surface area contributed by atoms with Gasteiger partial charge in [-0.25, -0.2) is 13.4 Å². The maximum absolute atomic E-state index is 12.1. The average Bonchev–Trinajstić information content (AvgIpc) is 2.65. The second kappa shape index (κ2) is 5.34. The molecule has 0 radical (unpaired) electrons. The first-order valence-corrected chi connectivity index (χ1v) is 8.81. The second-order valence-electron chi connectivity index (χ2n) is 6.01. The Labute approximate surface area is 128 Å². The molecule has 0 unspecified atom stereocenters. The molecule has 6 nitrogen and oxygen atoms in total. The normalized spacial score (nSPS) is 12.6. The van der Waals surface area contributed by atoms with Gasteiger partial charge in [0.15, 0.2) is 5.13 Å². The van der Waals surface area contributed by atoms with Crippen LogP contribution in [0.1, 0.15) is 20.8 Å². The second-order valence-corrected chi connectivity index (χ2v) is 8.76. The van der Waals surface area contributed by atoms with E-state index < -0.39 is 10.0 Å². The zero-order chi connectivity index (χ0) is 15.8. The molecule has 0 spiro atoms. The Morgan fingerprint density at radius 3 is 2.62 bits per heavy atom. The van der Waals surface area contributed by atoms with E-state index >= 15 is 0 Å². The van der Waals surface area contributed by atoms with Crippen molar-refractivity contribution in [2.24, 2.45) is 5.41 Å². The lowest BCUT2D eigenvalue weighted by molar-refractivity contribution is 0.419. The predicted molar refractivity (Wildman–Crippen MR) is 87.4 cm³/mol. The van der Waals surface area contributed by atoms with Crippen LogP contribution in [-0.4, -0.2) is 26.3 Å². The van der Waals surface area contributed by atoms with Gasteiger partial charge in [0.25, 0.3) is 0 Å². The number of anilines is 2. The maximum atomic E-state index is 12.1. The van der Waals surface area contributed by atoms with Crippen molar-refractivity contribution < 1.29 is 13.2 Å². The van der Waals surface area contributed by atoms with Gasteiger partial charge in [0.05, 0.1) is 17.6 Å². The molecule has 1 aromatic heterocycles. The van der Waals surface area contributed by atoms with Crippen molar-refractivity contribution >= 4 is 42.4 Å². The molecule has 0 aliphatic rings. The van der Waals surface area contributed by atoms with Gasteiger partial charge in [-0.05, 0) is 11.5 Å². The van der Waals surface area contributed by atoms with E-state index in [4.69, 9.17) is 10.5 Å². The molecule has 0 saturated carbocycles. The van der Waals surface area contributed by atoms with Gasteiger partial charge in [-0.15, -0.1) is 0 Å². The summed E-state index contributed by atoms with van der Waals surface area (Å²) in [7, 11) is -1.92. The van der Waals surface area contributed by atoms with E-state index in [9.17, 15) is 8.42 Å². The highest BCUT2D eigenvalue weighted by molar-refractivity contribution is 7.92. The van der Waals surface area contributed by atoms with Crippen molar-refractivity contribution in [1.29, 1.82) is 0 Å². The van der Waals surface area contributed by atoms with Crippen LogP contribution in [0.3, 0.4) is 0 Å². The largest absolute Gasteiger partial charge is 0.494 e. The zero-order valence-corrected chi connectivity index (χ0v) is 14.1. The number of thiazole rings is 1. The molecule has 1 aromatic carbocycles. The summed E-state index contributed by atoms with van der Waals surface area (Å²) in [5, 5.41) is 0.318. The van der Waals surface area contributed by atoms with E-state index in [0.29, 0.717) is 22.1 Å². The SMILES string of the molecule is COc1cc(N)cc2sc(NS(=O)(=O)CC(C)(C)C)nc12. The number of nitrogen functional groups attached to an aromatic ring is 1. The Balaban J connectivity index is 2.36. The minimum atomic E-state index is -3.44. The Morgan fingerprint density at radius 1 is 1.38 bits per heavy atom. The van der Waals surface area contributed by atoms with Gasteiger partial charge < -0.3 is 10.5 Å². The lowest BCUT2D eigenvalue weighted by Gasteiger charge is -2.17. The van der Waals surface area contributed by atoms with E-state index in [1.807, 2.05) is 20.8 Å². The van der Waals surface area contributed by atoms with Crippen molar-refractivity contribution in [2.75, 3.05) is 23.3 Å². The standard InChI is InChI=1S/C13H19N3O3S2/c1-13(2,3)7-21(17,18)16-12-15-11-9(19-4)5-8(14)6-10(11)20-12/h5-6H,7,14H2,1-4H3,(H,15,16). The molecule has 2 rings (SSSR count). The molecule has 2 aromatic rings. The van der Waals surface area contributed by atoms with E-state index in [0.717, 1.165) is 4.70 Å². The van der Waals surface area contributed by atoms with Gasteiger partial charge in [0.1, 0.15) is 11.3 Å². The molecule has 116 valence electrons.